The minimum absolute atomic E-state index is 0.0625. The van der Waals surface area contributed by atoms with Crippen molar-refractivity contribution in [3.8, 4) is 0 Å². The quantitative estimate of drug-likeness (QED) is 0.396. The molecule has 0 saturated carbocycles. The van der Waals surface area contributed by atoms with Crippen LogP contribution in [-0.2, 0) is 26.2 Å². The van der Waals surface area contributed by atoms with Crippen LogP contribution in [0.3, 0.4) is 0 Å². The zero-order valence-electron chi connectivity index (χ0n) is 20.8. The summed E-state index contributed by atoms with van der Waals surface area (Å²) in [7, 11) is -3.79. The number of amides is 2. The fraction of sp³-hybridized carbons (Fsp3) is 0.440. The minimum atomic E-state index is -3.79. The Bertz CT molecular complexity index is 1180. The average molecular weight is 561 g/mol. The molecule has 0 heterocycles. The Hall–Kier alpha value is -2.36. The average Bonchev–Trinajstić information content (AvgIpc) is 2.80. The summed E-state index contributed by atoms with van der Waals surface area (Å²) in [4.78, 5) is 27.5. The zero-order valence-corrected chi connectivity index (χ0v) is 23.1. The van der Waals surface area contributed by atoms with Crippen LogP contribution >= 0.6 is 23.2 Å². The fourth-order valence-corrected chi connectivity index (χ4v) is 4.95. The van der Waals surface area contributed by atoms with Gasteiger partial charge in [-0.05, 0) is 56.5 Å². The van der Waals surface area contributed by atoms with Crippen molar-refractivity contribution in [3.05, 3.63) is 63.9 Å². The molecule has 0 aliphatic heterocycles. The highest BCUT2D eigenvalue weighted by Crippen LogP contribution is 2.25. The Balaban J connectivity index is 2.22. The van der Waals surface area contributed by atoms with Gasteiger partial charge in [0.05, 0.1) is 11.9 Å². The van der Waals surface area contributed by atoms with Crippen molar-refractivity contribution in [2.75, 3.05) is 17.1 Å². The van der Waals surface area contributed by atoms with Gasteiger partial charge in [0.25, 0.3) is 0 Å². The molecule has 2 aromatic rings. The van der Waals surface area contributed by atoms with Crippen molar-refractivity contribution in [1.82, 2.24) is 10.2 Å². The number of para-hydroxylation sites is 1. The second kappa shape index (κ2) is 13.3. The zero-order chi connectivity index (χ0) is 27.0. The minimum Gasteiger partial charge on any atom is -0.352 e. The normalized spacial score (nSPS) is 13.1. The number of nitrogens with zero attached hydrogens (tertiary/aromatic N) is 2. The lowest BCUT2D eigenvalue weighted by Gasteiger charge is -2.30. The number of nitrogens with one attached hydrogen (secondary N) is 1. The number of anilines is 1. The highest BCUT2D eigenvalue weighted by Gasteiger charge is 2.28. The molecule has 0 aromatic heterocycles. The summed E-state index contributed by atoms with van der Waals surface area (Å²) in [6.07, 6.45) is 1.77. The predicted octanol–water partition coefficient (Wildman–Crippen LogP) is 5.01. The lowest BCUT2D eigenvalue weighted by molar-refractivity contribution is -0.140. The van der Waals surface area contributed by atoms with E-state index in [1.807, 2.05) is 13.8 Å². The molecule has 0 unspecified atom stereocenters. The lowest BCUT2D eigenvalue weighted by atomic mass is 10.1. The van der Waals surface area contributed by atoms with Crippen LogP contribution in [0.4, 0.5) is 10.1 Å². The molecule has 7 nitrogen and oxygen atoms in total. The van der Waals surface area contributed by atoms with Crippen molar-refractivity contribution < 1.29 is 22.4 Å². The summed E-state index contributed by atoms with van der Waals surface area (Å²) in [6.45, 7) is 5.40. The number of hydrogen-bond donors (Lipinski definition) is 1. The van der Waals surface area contributed by atoms with Crippen molar-refractivity contribution in [3.63, 3.8) is 0 Å². The molecule has 0 radical (unpaired) electrons. The smallest absolute Gasteiger partial charge is 0.242 e. The highest BCUT2D eigenvalue weighted by molar-refractivity contribution is 7.92. The van der Waals surface area contributed by atoms with E-state index in [1.54, 1.807) is 25.1 Å². The molecule has 0 aliphatic carbocycles. The largest absolute Gasteiger partial charge is 0.352 e. The number of sulfonamides is 1. The summed E-state index contributed by atoms with van der Waals surface area (Å²) in [5, 5.41) is 3.68. The van der Waals surface area contributed by atoms with E-state index >= 15 is 0 Å². The van der Waals surface area contributed by atoms with Crippen LogP contribution < -0.4 is 9.62 Å². The second-order valence-electron chi connectivity index (χ2n) is 8.64. The first kappa shape index (κ1) is 29.9. The summed E-state index contributed by atoms with van der Waals surface area (Å²) < 4.78 is 39.8. The number of benzene rings is 2. The first-order valence-electron chi connectivity index (χ1n) is 11.6. The van der Waals surface area contributed by atoms with E-state index in [2.05, 4.69) is 5.32 Å². The van der Waals surface area contributed by atoms with Crippen LogP contribution in [0.1, 0.15) is 45.6 Å². The summed E-state index contributed by atoms with van der Waals surface area (Å²) in [6, 6.07) is 9.56. The van der Waals surface area contributed by atoms with Gasteiger partial charge < -0.3 is 10.2 Å². The number of hydrogen-bond acceptors (Lipinski definition) is 4. The maximum Gasteiger partial charge on any atom is 0.242 e. The van der Waals surface area contributed by atoms with Crippen LogP contribution in [0.5, 0.6) is 0 Å². The predicted molar refractivity (Wildman–Crippen MR) is 142 cm³/mol. The van der Waals surface area contributed by atoms with Crippen molar-refractivity contribution in [2.45, 2.75) is 58.7 Å². The lowest BCUT2D eigenvalue weighted by Crippen LogP contribution is -2.49. The molecule has 0 fully saturated rings. The van der Waals surface area contributed by atoms with Gasteiger partial charge in [0.1, 0.15) is 11.9 Å². The van der Waals surface area contributed by atoms with Crippen LogP contribution in [0, 0.1) is 5.82 Å². The Kier molecular flexibility index (Phi) is 11.0. The van der Waals surface area contributed by atoms with Crippen molar-refractivity contribution in [2.24, 2.45) is 0 Å². The van der Waals surface area contributed by atoms with E-state index in [0.29, 0.717) is 15.6 Å². The van der Waals surface area contributed by atoms with E-state index in [-0.39, 0.29) is 49.5 Å². The summed E-state index contributed by atoms with van der Waals surface area (Å²) in [5.41, 5.74) is 0.528. The molecule has 36 heavy (non-hydrogen) atoms. The van der Waals surface area contributed by atoms with E-state index in [0.717, 1.165) is 17.0 Å². The maximum absolute atomic E-state index is 14.3. The third kappa shape index (κ3) is 8.35. The second-order valence-corrected chi connectivity index (χ2v) is 11.4. The molecule has 198 valence electrons. The van der Waals surface area contributed by atoms with Gasteiger partial charge in [0, 0.05) is 35.6 Å². The van der Waals surface area contributed by atoms with Gasteiger partial charge in [0.2, 0.25) is 21.8 Å². The molecule has 0 aliphatic rings. The highest BCUT2D eigenvalue weighted by atomic mass is 35.5. The first-order chi connectivity index (χ1) is 16.8. The van der Waals surface area contributed by atoms with Crippen LogP contribution in [0.2, 0.25) is 10.0 Å². The number of rotatable bonds is 12. The summed E-state index contributed by atoms with van der Waals surface area (Å²) in [5.74, 6) is -1.36. The first-order valence-corrected chi connectivity index (χ1v) is 14.2. The van der Waals surface area contributed by atoms with E-state index in [1.165, 1.54) is 29.2 Å². The van der Waals surface area contributed by atoms with Gasteiger partial charge in [-0.15, -0.1) is 0 Å². The molecule has 2 rings (SSSR count). The van der Waals surface area contributed by atoms with E-state index in [9.17, 15) is 22.4 Å². The maximum atomic E-state index is 14.3. The molecule has 0 spiro atoms. The standard InChI is InChI=1S/C25H32Cl2FN3O4S/c1-5-17(2)29-25(33)18(3)30(16-19-12-13-20(26)15-21(19)27)24(32)11-8-14-31(36(4,34)35)23-10-7-6-9-22(23)28/h6-7,9-10,12-13,15,17-18H,5,8,11,14,16H2,1-4H3,(H,29,33)/t17-,18+/m1/s1. The molecular weight excluding hydrogens is 528 g/mol. The molecule has 2 amide bonds. The van der Waals surface area contributed by atoms with Crippen LogP contribution in [0.15, 0.2) is 42.5 Å². The number of carbonyl (C=O) groups is 2. The van der Waals surface area contributed by atoms with Crippen LogP contribution in [-0.4, -0.2) is 50.0 Å². The van der Waals surface area contributed by atoms with Crippen molar-refractivity contribution in [1.29, 1.82) is 0 Å². The topological polar surface area (TPSA) is 86.8 Å². The van der Waals surface area contributed by atoms with Gasteiger partial charge in [-0.25, -0.2) is 12.8 Å². The third-order valence-electron chi connectivity index (χ3n) is 5.80. The van der Waals surface area contributed by atoms with Crippen LogP contribution in [0.25, 0.3) is 0 Å². The molecule has 2 aromatic carbocycles. The molecule has 0 bridgehead atoms. The third-order valence-corrected chi connectivity index (χ3v) is 7.56. The Morgan fingerprint density at radius 3 is 2.36 bits per heavy atom. The number of halogens is 3. The Morgan fingerprint density at radius 2 is 1.78 bits per heavy atom. The number of carbonyl (C=O) groups excluding carboxylic acids is 2. The van der Waals surface area contributed by atoms with Gasteiger partial charge in [-0.2, -0.15) is 0 Å². The van der Waals surface area contributed by atoms with Gasteiger partial charge in [-0.3, -0.25) is 13.9 Å². The molecule has 1 N–H and O–H groups in total. The molecule has 2 atom stereocenters. The van der Waals surface area contributed by atoms with Gasteiger partial charge in [0.15, 0.2) is 0 Å². The molecule has 0 saturated heterocycles. The fourth-order valence-electron chi connectivity index (χ4n) is 3.52. The molecule has 11 heteroatoms. The van der Waals surface area contributed by atoms with E-state index < -0.39 is 21.9 Å². The molecular formula is C25H32Cl2FN3O4S. The van der Waals surface area contributed by atoms with Gasteiger partial charge in [-0.1, -0.05) is 48.3 Å². The van der Waals surface area contributed by atoms with Crippen molar-refractivity contribution >= 4 is 50.7 Å². The SMILES string of the molecule is CC[C@@H](C)NC(=O)[C@H](C)N(Cc1ccc(Cl)cc1Cl)C(=O)CCCN(c1ccccc1F)S(C)(=O)=O. The Labute approximate surface area is 222 Å². The monoisotopic (exact) mass is 559 g/mol. The van der Waals surface area contributed by atoms with Gasteiger partial charge >= 0.3 is 0 Å². The summed E-state index contributed by atoms with van der Waals surface area (Å²) >= 11 is 12.3. The Morgan fingerprint density at radius 1 is 1.11 bits per heavy atom. The van der Waals surface area contributed by atoms with E-state index in [4.69, 9.17) is 23.2 Å².